The minimum atomic E-state index is 0.261. The lowest BCUT2D eigenvalue weighted by atomic mass is 9.76. The Morgan fingerprint density at radius 2 is 2.00 bits per heavy atom. The summed E-state index contributed by atoms with van der Waals surface area (Å²) in [6, 6.07) is 12.7. The normalized spacial score (nSPS) is 26.6. The van der Waals surface area contributed by atoms with E-state index in [1.54, 1.807) is 0 Å². The fourth-order valence-corrected chi connectivity index (χ4v) is 3.37. The summed E-state index contributed by atoms with van der Waals surface area (Å²) in [6.07, 6.45) is 6.74. The van der Waals surface area contributed by atoms with Gasteiger partial charge in [0, 0.05) is 23.9 Å². The average Bonchev–Trinajstić information content (AvgIpc) is 2.98. The predicted molar refractivity (Wildman–Crippen MR) is 81.9 cm³/mol. The molecule has 0 spiro atoms. The summed E-state index contributed by atoms with van der Waals surface area (Å²) in [4.78, 5) is 0. The van der Waals surface area contributed by atoms with E-state index in [2.05, 4.69) is 47.0 Å². The van der Waals surface area contributed by atoms with Crippen LogP contribution >= 0.6 is 0 Å². The molecule has 0 radical (unpaired) electrons. The van der Waals surface area contributed by atoms with E-state index in [9.17, 15) is 0 Å². The molecule has 1 aromatic heterocycles. The molecule has 0 aliphatic heterocycles. The Morgan fingerprint density at radius 1 is 1.20 bits per heavy atom. The smallest absolute Gasteiger partial charge is 0.0648 e. The van der Waals surface area contributed by atoms with E-state index in [1.807, 2.05) is 12.3 Å². The van der Waals surface area contributed by atoms with Gasteiger partial charge in [0.25, 0.3) is 0 Å². The summed E-state index contributed by atoms with van der Waals surface area (Å²) in [5.41, 5.74) is 8.78. The molecule has 3 rings (SSSR count). The number of rotatable bonds is 3. The summed E-state index contributed by atoms with van der Waals surface area (Å²) in [5.74, 6) is 1.23. The Bertz CT molecular complexity index is 546. The summed E-state index contributed by atoms with van der Waals surface area (Å²) in [5, 5.41) is 4.51. The maximum atomic E-state index is 6.39. The summed E-state index contributed by atoms with van der Waals surface area (Å²) >= 11 is 0. The minimum Gasteiger partial charge on any atom is -0.327 e. The van der Waals surface area contributed by atoms with E-state index >= 15 is 0 Å². The molecule has 2 aromatic rings. The van der Waals surface area contributed by atoms with E-state index in [-0.39, 0.29) is 6.04 Å². The zero-order valence-electron chi connectivity index (χ0n) is 12.1. The van der Waals surface area contributed by atoms with Crippen LogP contribution in [-0.2, 0) is 0 Å². The van der Waals surface area contributed by atoms with Crippen LogP contribution in [0.2, 0.25) is 0 Å². The summed E-state index contributed by atoms with van der Waals surface area (Å²) in [6.45, 7) is 2.28. The highest BCUT2D eigenvalue weighted by Gasteiger charge is 2.30. The predicted octanol–water partition coefficient (Wildman–Crippen LogP) is 3.49. The van der Waals surface area contributed by atoms with Crippen molar-refractivity contribution in [2.75, 3.05) is 0 Å². The second kappa shape index (κ2) is 5.80. The van der Waals surface area contributed by atoms with Crippen molar-refractivity contribution < 1.29 is 0 Å². The molecule has 0 bridgehead atoms. The van der Waals surface area contributed by atoms with Crippen molar-refractivity contribution in [1.29, 1.82) is 0 Å². The van der Waals surface area contributed by atoms with Crippen molar-refractivity contribution >= 4 is 0 Å². The van der Waals surface area contributed by atoms with Crippen molar-refractivity contribution in [2.24, 2.45) is 11.7 Å². The van der Waals surface area contributed by atoms with Crippen LogP contribution in [0.3, 0.4) is 0 Å². The molecule has 3 nitrogen and oxygen atoms in total. The van der Waals surface area contributed by atoms with Crippen LogP contribution in [0.4, 0.5) is 0 Å². The molecule has 1 aromatic carbocycles. The van der Waals surface area contributed by atoms with Gasteiger partial charge in [0.2, 0.25) is 0 Å². The van der Waals surface area contributed by atoms with Crippen molar-refractivity contribution in [2.45, 2.75) is 44.6 Å². The van der Waals surface area contributed by atoms with Gasteiger partial charge in [-0.2, -0.15) is 5.10 Å². The molecular weight excluding hydrogens is 246 g/mol. The maximum absolute atomic E-state index is 6.39. The van der Waals surface area contributed by atoms with Gasteiger partial charge in [-0.25, -0.2) is 4.68 Å². The van der Waals surface area contributed by atoms with Crippen LogP contribution in [0.1, 0.15) is 44.2 Å². The highest BCUT2D eigenvalue weighted by Crippen LogP contribution is 2.37. The third kappa shape index (κ3) is 2.50. The number of nitrogens with two attached hydrogens (primary N) is 1. The molecule has 1 aliphatic rings. The first-order valence-electron chi connectivity index (χ1n) is 7.64. The molecule has 0 amide bonds. The van der Waals surface area contributed by atoms with Crippen molar-refractivity contribution in [3.8, 4) is 5.69 Å². The lowest BCUT2D eigenvalue weighted by Crippen LogP contribution is -2.35. The van der Waals surface area contributed by atoms with Crippen LogP contribution in [0, 0.1) is 5.92 Å². The van der Waals surface area contributed by atoms with Crippen LogP contribution in [0.15, 0.2) is 42.6 Å². The first-order chi connectivity index (χ1) is 9.79. The Morgan fingerprint density at radius 3 is 2.75 bits per heavy atom. The molecule has 3 heteroatoms. The summed E-state index contributed by atoms with van der Waals surface area (Å²) in [7, 11) is 0. The first-order valence-corrected chi connectivity index (χ1v) is 7.64. The lowest BCUT2D eigenvalue weighted by Gasteiger charge is -2.34. The molecule has 1 fully saturated rings. The fraction of sp³-hybridized carbons (Fsp3) is 0.471. The topological polar surface area (TPSA) is 43.8 Å². The van der Waals surface area contributed by atoms with E-state index in [1.165, 1.54) is 25.0 Å². The Labute approximate surface area is 120 Å². The molecular formula is C17H23N3. The van der Waals surface area contributed by atoms with Gasteiger partial charge < -0.3 is 5.73 Å². The zero-order chi connectivity index (χ0) is 13.9. The van der Waals surface area contributed by atoms with Gasteiger partial charge in [0.05, 0.1) is 5.69 Å². The van der Waals surface area contributed by atoms with Gasteiger partial charge in [0.1, 0.15) is 0 Å². The molecule has 3 unspecified atom stereocenters. The van der Waals surface area contributed by atoms with Crippen LogP contribution < -0.4 is 5.73 Å². The molecule has 1 heterocycles. The first kappa shape index (κ1) is 13.4. The molecule has 106 valence electrons. The highest BCUT2D eigenvalue weighted by molar-refractivity contribution is 5.33. The number of hydrogen-bond acceptors (Lipinski definition) is 2. The molecule has 3 atom stereocenters. The SMILES string of the molecule is CCC1CCC(N)C(c2ccnn2-c2ccccc2)C1. The quantitative estimate of drug-likeness (QED) is 0.927. The number of benzene rings is 1. The summed E-state index contributed by atoms with van der Waals surface area (Å²) < 4.78 is 2.06. The Balaban J connectivity index is 1.92. The zero-order valence-corrected chi connectivity index (χ0v) is 12.1. The van der Waals surface area contributed by atoms with Gasteiger partial charge in [-0.15, -0.1) is 0 Å². The van der Waals surface area contributed by atoms with E-state index in [0.717, 1.165) is 18.0 Å². The second-order valence-electron chi connectivity index (χ2n) is 5.86. The third-order valence-electron chi connectivity index (χ3n) is 4.64. The Hall–Kier alpha value is -1.61. The molecule has 20 heavy (non-hydrogen) atoms. The molecule has 0 saturated heterocycles. The van der Waals surface area contributed by atoms with Gasteiger partial charge in [0.15, 0.2) is 0 Å². The van der Waals surface area contributed by atoms with Crippen LogP contribution in [0.5, 0.6) is 0 Å². The van der Waals surface area contributed by atoms with E-state index < -0.39 is 0 Å². The van der Waals surface area contributed by atoms with Crippen molar-refractivity contribution in [3.05, 3.63) is 48.3 Å². The standard InChI is InChI=1S/C17H23N3/c1-2-13-8-9-16(18)15(12-13)17-10-11-19-20(17)14-6-4-3-5-7-14/h3-7,10-11,13,15-16H,2,8-9,12,18H2,1H3. The third-order valence-corrected chi connectivity index (χ3v) is 4.64. The maximum Gasteiger partial charge on any atom is 0.0648 e. The molecule has 1 aliphatic carbocycles. The molecule has 1 saturated carbocycles. The monoisotopic (exact) mass is 269 g/mol. The van der Waals surface area contributed by atoms with E-state index in [0.29, 0.717) is 5.92 Å². The second-order valence-corrected chi connectivity index (χ2v) is 5.86. The molecule has 2 N–H and O–H groups in total. The highest BCUT2D eigenvalue weighted by atomic mass is 15.3. The van der Waals surface area contributed by atoms with Crippen LogP contribution in [-0.4, -0.2) is 15.8 Å². The van der Waals surface area contributed by atoms with Crippen molar-refractivity contribution in [3.63, 3.8) is 0 Å². The van der Waals surface area contributed by atoms with Gasteiger partial charge >= 0.3 is 0 Å². The lowest BCUT2D eigenvalue weighted by molar-refractivity contribution is 0.276. The fourth-order valence-electron chi connectivity index (χ4n) is 3.37. The van der Waals surface area contributed by atoms with Crippen LogP contribution in [0.25, 0.3) is 5.69 Å². The van der Waals surface area contributed by atoms with Gasteiger partial charge in [-0.05, 0) is 43.4 Å². The number of para-hydroxylation sites is 1. The van der Waals surface area contributed by atoms with Crippen molar-refractivity contribution in [1.82, 2.24) is 9.78 Å². The Kier molecular flexibility index (Phi) is 3.88. The number of hydrogen-bond donors (Lipinski definition) is 1. The van der Waals surface area contributed by atoms with Gasteiger partial charge in [-0.1, -0.05) is 31.5 Å². The van der Waals surface area contributed by atoms with E-state index in [4.69, 9.17) is 5.73 Å². The largest absolute Gasteiger partial charge is 0.327 e. The van der Waals surface area contributed by atoms with Gasteiger partial charge in [-0.3, -0.25) is 0 Å². The average molecular weight is 269 g/mol. The number of aromatic nitrogens is 2. The number of nitrogens with zero attached hydrogens (tertiary/aromatic N) is 2. The minimum absolute atomic E-state index is 0.261.